The molecule has 0 aliphatic heterocycles. The second-order valence-electron chi connectivity index (χ2n) is 3.13. The largest absolute Gasteiger partial charge is 0.501 e. The summed E-state index contributed by atoms with van der Waals surface area (Å²) in [6.07, 6.45) is 0. The van der Waals surface area contributed by atoms with Crippen molar-refractivity contribution in [3.63, 3.8) is 0 Å². The molecule has 0 saturated carbocycles. The van der Waals surface area contributed by atoms with E-state index in [1.54, 1.807) is 0 Å². The third kappa shape index (κ3) is 2.83. The maximum atomic E-state index is 11.6. The van der Waals surface area contributed by atoms with Crippen LogP contribution in [0.1, 0.15) is 17.3 Å². The Kier molecular flexibility index (Phi) is 4.38. The van der Waals surface area contributed by atoms with E-state index in [2.05, 4.69) is 20.7 Å². The van der Waals surface area contributed by atoms with E-state index in [9.17, 15) is 24.8 Å². The number of esters is 1. The molecule has 0 unspecified atom stereocenters. The number of nitrogens with zero attached hydrogens (tertiary/aromatic N) is 1. The van der Waals surface area contributed by atoms with Crippen molar-refractivity contribution in [1.29, 1.82) is 0 Å². The van der Waals surface area contributed by atoms with Gasteiger partial charge >= 0.3 is 11.7 Å². The quantitative estimate of drug-likeness (QED) is 0.298. The number of halogens is 1. The van der Waals surface area contributed by atoms with Crippen molar-refractivity contribution in [3.05, 3.63) is 32.3 Å². The zero-order valence-electron chi connectivity index (χ0n) is 9.18. The van der Waals surface area contributed by atoms with Crippen LogP contribution >= 0.6 is 15.9 Å². The zero-order chi connectivity index (χ0) is 13.9. The van der Waals surface area contributed by atoms with Gasteiger partial charge in [0.1, 0.15) is 0 Å². The van der Waals surface area contributed by atoms with Crippen LogP contribution < -0.4 is 0 Å². The molecule has 0 saturated heterocycles. The topological polar surface area (TPSA) is 107 Å². The number of ketones is 1. The van der Waals surface area contributed by atoms with Crippen molar-refractivity contribution in [2.45, 2.75) is 6.92 Å². The molecule has 1 N–H and O–H groups in total. The summed E-state index contributed by atoms with van der Waals surface area (Å²) in [6.45, 7) is 1.55. The van der Waals surface area contributed by atoms with E-state index in [4.69, 9.17) is 0 Å². The number of nitro benzene ring substituents is 1. The summed E-state index contributed by atoms with van der Waals surface area (Å²) < 4.78 is 4.44. The molecule has 0 fully saturated rings. The fourth-order valence-corrected chi connectivity index (χ4v) is 1.62. The minimum absolute atomic E-state index is 0.0198. The Morgan fingerprint density at radius 1 is 1.50 bits per heavy atom. The maximum absolute atomic E-state index is 11.6. The minimum atomic E-state index is -1.11. The number of ether oxygens (including phenoxy) is 1. The standard InChI is InChI=1S/C10H8BrNO6/c1-2-18-10(15)8(13)5-3-6(11)9(14)7(4-5)12(16)17/h3-4,14H,2H2,1H3. The number of phenols is 1. The van der Waals surface area contributed by atoms with Crippen LogP contribution in [0.25, 0.3) is 0 Å². The number of phenolic OH excluding ortho intramolecular Hbond substituents is 1. The molecule has 0 radical (unpaired) electrons. The Bertz CT molecular complexity index is 527. The summed E-state index contributed by atoms with van der Waals surface area (Å²) in [5.41, 5.74) is -0.901. The third-order valence-corrected chi connectivity index (χ3v) is 2.57. The van der Waals surface area contributed by atoms with E-state index in [1.165, 1.54) is 6.92 Å². The normalized spacial score (nSPS) is 9.89. The number of carbonyl (C=O) groups is 2. The summed E-state index contributed by atoms with van der Waals surface area (Å²) >= 11 is 2.86. The summed E-state index contributed by atoms with van der Waals surface area (Å²) in [6, 6.07) is 1.93. The van der Waals surface area contributed by atoms with Crippen molar-refractivity contribution >= 4 is 33.4 Å². The van der Waals surface area contributed by atoms with Gasteiger partial charge in [-0.1, -0.05) is 0 Å². The number of carbonyl (C=O) groups excluding carboxylic acids is 2. The van der Waals surface area contributed by atoms with Crippen LogP contribution in [-0.2, 0) is 9.53 Å². The molecule has 1 rings (SSSR count). The highest BCUT2D eigenvalue weighted by atomic mass is 79.9. The van der Waals surface area contributed by atoms with Gasteiger partial charge in [0.05, 0.1) is 16.0 Å². The summed E-state index contributed by atoms with van der Waals surface area (Å²) in [4.78, 5) is 32.6. The van der Waals surface area contributed by atoms with Crippen molar-refractivity contribution < 1.29 is 24.4 Å². The van der Waals surface area contributed by atoms with Crippen molar-refractivity contribution in [2.24, 2.45) is 0 Å². The Hall–Kier alpha value is -1.96. The van der Waals surface area contributed by atoms with Crippen LogP contribution in [0.5, 0.6) is 5.75 Å². The molecule has 0 amide bonds. The van der Waals surface area contributed by atoms with Gasteiger partial charge in [0.15, 0.2) is 0 Å². The summed E-state index contributed by atoms with van der Waals surface area (Å²) in [5, 5.41) is 20.0. The van der Waals surface area contributed by atoms with Crippen LogP contribution in [0.3, 0.4) is 0 Å². The molecule has 96 valence electrons. The van der Waals surface area contributed by atoms with Gasteiger partial charge in [0.2, 0.25) is 5.75 Å². The highest BCUT2D eigenvalue weighted by Gasteiger charge is 2.24. The molecule has 0 bridgehead atoms. The molecule has 18 heavy (non-hydrogen) atoms. The monoisotopic (exact) mass is 317 g/mol. The number of aromatic hydroxyl groups is 1. The summed E-state index contributed by atoms with van der Waals surface area (Å²) in [5.74, 6) is -2.73. The molecular weight excluding hydrogens is 310 g/mol. The van der Waals surface area contributed by atoms with Gasteiger partial charge in [-0.25, -0.2) is 4.79 Å². The number of benzene rings is 1. The first-order valence-corrected chi connectivity index (χ1v) is 5.56. The number of rotatable bonds is 4. The average molecular weight is 318 g/mol. The zero-order valence-corrected chi connectivity index (χ0v) is 10.8. The molecule has 0 aliphatic carbocycles. The maximum Gasteiger partial charge on any atom is 0.379 e. The summed E-state index contributed by atoms with van der Waals surface area (Å²) in [7, 11) is 0. The van der Waals surface area contributed by atoms with Crippen molar-refractivity contribution in [2.75, 3.05) is 6.61 Å². The van der Waals surface area contributed by atoms with Crippen molar-refractivity contribution in [3.8, 4) is 5.75 Å². The molecule has 8 heteroatoms. The first kappa shape index (κ1) is 14.1. The second kappa shape index (κ2) is 5.58. The molecule has 0 spiro atoms. The van der Waals surface area contributed by atoms with Gasteiger partial charge < -0.3 is 9.84 Å². The van der Waals surface area contributed by atoms with Gasteiger partial charge in [-0.05, 0) is 28.9 Å². The van der Waals surface area contributed by atoms with Gasteiger partial charge in [-0.3, -0.25) is 14.9 Å². The Morgan fingerprint density at radius 2 is 2.11 bits per heavy atom. The van der Waals surface area contributed by atoms with Gasteiger partial charge in [-0.15, -0.1) is 0 Å². The predicted molar refractivity (Wildman–Crippen MR) is 63.4 cm³/mol. The molecular formula is C10H8BrNO6. The van der Waals surface area contributed by atoms with Gasteiger partial charge in [-0.2, -0.15) is 0 Å². The molecule has 0 heterocycles. The van der Waals surface area contributed by atoms with Crippen LogP contribution in [0.15, 0.2) is 16.6 Å². The number of nitro groups is 1. The SMILES string of the molecule is CCOC(=O)C(=O)c1cc(Br)c(O)c([N+](=O)[O-])c1. The molecule has 0 aliphatic rings. The lowest BCUT2D eigenvalue weighted by molar-refractivity contribution is -0.386. The average Bonchev–Trinajstić information content (AvgIpc) is 2.31. The minimum Gasteiger partial charge on any atom is -0.501 e. The Labute approximate surface area is 110 Å². The van der Waals surface area contributed by atoms with Crippen LogP contribution in [0.2, 0.25) is 0 Å². The molecule has 1 aromatic rings. The van der Waals surface area contributed by atoms with Crippen LogP contribution in [0.4, 0.5) is 5.69 Å². The highest BCUT2D eigenvalue weighted by molar-refractivity contribution is 9.10. The fourth-order valence-electron chi connectivity index (χ4n) is 1.17. The Morgan fingerprint density at radius 3 is 2.61 bits per heavy atom. The highest BCUT2D eigenvalue weighted by Crippen LogP contribution is 2.35. The van der Waals surface area contributed by atoms with E-state index >= 15 is 0 Å². The molecule has 0 atom stereocenters. The van der Waals surface area contributed by atoms with E-state index in [-0.39, 0.29) is 16.6 Å². The fraction of sp³-hybridized carbons (Fsp3) is 0.200. The predicted octanol–water partition coefficient (Wildman–Crippen LogP) is 1.81. The number of hydrogen-bond donors (Lipinski definition) is 1. The molecule has 1 aromatic carbocycles. The number of Topliss-reactive ketones (excluding diaryl/α,β-unsaturated/α-hetero) is 1. The smallest absolute Gasteiger partial charge is 0.379 e. The molecule has 7 nitrogen and oxygen atoms in total. The number of hydrogen-bond acceptors (Lipinski definition) is 6. The second-order valence-corrected chi connectivity index (χ2v) is 3.99. The van der Waals surface area contributed by atoms with Gasteiger partial charge in [0, 0.05) is 11.6 Å². The van der Waals surface area contributed by atoms with E-state index in [0.29, 0.717) is 0 Å². The first-order chi connectivity index (χ1) is 8.38. The van der Waals surface area contributed by atoms with Crippen LogP contribution in [0, 0.1) is 10.1 Å². The lowest BCUT2D eigenvalue weighted by Gasteiger charge is -2.04. The lowest BCUT2D eigenvalue weighted by atomic mass is 10.1. The molecule has 0 aromatic heterocycles. The Balaban J connectivity index is 3.23. The van der Waals surface area contributed by atoms with Crippen molar-refractivity contribution in [1.82, 2.24) is 0 Å². The van der Waals surface area contributed by atoms with E-state index in [0.717, 1.165) is 12.1 Å². The first-order valence-electron chi connectivity index (χ1n) is 4.76. The van der Waals surface area contributed by atoms with E-state index in [1.807, 2.05) is 0 Å². The lowest BCUT2D eigenvalue weighted by Crippen LogP contribution is -2.17. The third-order valence-electron chi connectivity index (χ3n) is 1.96. The van der Waals surface area contributed by atoms with E-state index < -0.39 is 28.1 Å². The van der Waals surface area contributed by atoms with Gasteiger partial charge in [0.25, 0.3) is 5.78 Å². The van der Waals surface area contributed by atoms with Crippen LogP contribution in [-0.4, -0.2) is 28.4 Å².